The van der Waals surface area contributed by atoms with E-state index in [0.29, 0.717) is 53.3 Å². The summed E-state index contributed by atoms with van der Waals surface area (Å²) in [6, 6.07) is 8.94. The third-order valence-corrected chi connectivity index (χ3v) is 7.81. The second kappa shape index (κ2) is 13.6. The molecular weight excluding hydrogens is 542 g/mol. The van der Waals surface area contributed by atoms with E-state index < -0.39 is 17.7 Å². The highest BCUT2D eigenvalue weighted by molar-refractivity contribution is 5.96. The number of carbonyl (C=O) groups is 1. The summed E-state index contributed by atoms with van der Waals surface area (Å²) in [6.07, 6.45) is 3.26. The first-order chi connectivity index (χ1) is 20.4. The number of aromatic nitrogens is 3. The summed E-state index contributed by atoms with van der Waals surface area (Å²) >= 11 is 0. The van der Waals surface area contributed by atoms with Crippen molar-refractivity contribution in [2.75, 3.05) is 4.90 Å². The van der Waals surface area contributed by atoms with Gasteiger partial charge >= 0.3 is 0 Å². The average Bonchev–Trinajstić information content (AvgIpc) is 3.70. The van der Waals surface area contributed by atoms with E-state index in [4.69, 9.17) is 9.51 Å². The van der Waals surface area contributed by atoms with Crippen molar-refractivity contribution in [3.63, 3.8) is 0 Å². The summed E-state index contributed by atoms with van der Waals surface area (Å²) in [5.74, 6) is -0.890. The molecule has 1 unspecified atom stereocenters. The van der Waals surface area contributed by atoms with Gasteiger partial charge in [0, 0.05) is 29.8 Å². The van der Waals surface area contributed by atoms with E-state index in [1.807, 2.05) is 45.9 Å². The van der Waals surface area contributed by atoms with E-state index in [0.717, 1.165) is 36.1 Å². The number of carbonyl (C=O) groups excluding carboxylic acids is 1. The van der Waals surface area contributed by atoms with Crippen LogP contribution in [0.4, 0.5) is 14.5 Å². The largest absolute Gasteiger partial charge is 0.393 e. The normalized spacial score (nSPS) is 20.3. The Morgan fingerprint density at radius 1 is 0.976 bits per heavy atom. The topological polar surface area (TPSA) is 105 Å². The molecule has 3 heterocycles. The van der Waals surface area contributed by atoms with Crippen molar-refractivity contribution in [3.8, 4) is 11.1 Å². The van der Waals surface area contributed by atoms with E-state index in [1.165, 1.54) is 11.0 Å². The highest BCUT2D eigenvalue weighted by atomic mass is 19.2. The Hall–Kier alpha value is -3.63. The molecule has 1 amide bonds. The molecule has 4 aromatic rings. The lowest BCUT2D eigenvalue weighted by atomic mass is 9.92. The number of aliphatic hydroxyl groups is 2. The quantitative estimate of drug-likeness (QED) is 0.259. The molecule has 1 aliphatic carbocycles. The van der Waals surface area contributed by atoms with Crippen molar-refractivity contribution < 1.29 is 28.3 Å². The smallest absolute Gasteiger partial charge is 0.227 e. The van der Waals surface area contributed by atoms with Crippen LogP contribution in [-0.4, -0.2) is 36.9 Å². The lowest BCUT2D eigenvalue weighted by Gasteiger charge is -2.31. The molecule has 2 aromatic heterocycles. The van der Waals surface area contributed by atoms with Crippen LogP contribution in [0.2, 0.25) is 0 Å². The fraction of sp³-hybridized carbons (Fsp3) is 0.469. The van der Waals surface area contributed by atoms with Crippen LogP contribution in [0.1, 0.15) is 95.6 Å². The number of anilines is 1. The molecule has 1 aliphatic heterocycles. The van der Waals surface area contributed by atoms with Gasteiger partial charge in [-0.2, -0.15) is 0 Å². The minimum Gasteiger partial charge on any atom is -0.393 e. The predicted octanol–water partition coefficient (Wildman–Crippen LogP) is 7.17. The van der Waals surface area contributed by atoms with Gasteiger partial charge in [-0.25, -0.2) is 13.8 Å². The lowest BCUT2D eigenvalue weighted by Crippen LogP contribution is -2.31. The Labute approximate surface area is 245 Å². The number of aliphatic hydroxyl groups excluding tert-OH is 2. The fourth-order valence-corrected chi connectivity index (χ4v) is 5.99. The first-order valence-electron chi connectivity index (χ1n) is 14.9. The van der Waals surface area contributed by atoms with Crippen LogP contribution in [0.5, 0.6) is 0 Å². The summed E-state index contributed by atoms with van der Waals surface area (Å²) in [6.45, 7) is 9.52. The van der Waals surface area contributed by atoms with Crippen molar-refractivity contribution in [2.45, 2.75) is 97.9 Å². The number of halogens is 2. The first-order valence-corrected chi connectivity index (χ1v) is 14.9. The van der Waals surface area contributed by atoms with Gasteiger partial charge in [0.25, 0.3) is 0 Å². The summed E-state index contributed by atoms with van der Waals surface area (Å²) in [7, 11) is 0. The van der Waals surface area contributed by atoms with Crippen molar-refractivity contribution in [1.29, 1.82) is 0 Å². The Kier molecular flexibility index (Phi) is 10.1. The number of rotatable bonds is 5. The molecule has 0 bridgehead atoms. The van der Waals surface area contributed by atoms with Gasteiger partial charge in [-0.1, -0.05) is 38.9 Å². The number of benzene rings is 2. The van der Waals surface area contributed by atoms with E-state index in [-0.39, 0.29) is 31.1 Å². The molecule has 2 aliphatic rings. The Morgan fingerprint density at radius 2 is 1.69 bits per heavy atom. The number of fused-ring (bicyclic) bond motifs is 1. The van der Waals surface area contributed by atoms with Gasteiger partial charge in [0.05, 0.1) is 29.8 Å². The van der Waals surface area contributed by atoms with Crippen LogP contribution in [0.15, 0.2) is 40.9 Å². The highest BCUT2D eigenvalue weighted by Crippen LogP contribution is 2.42. The molecule has 0 radical (unpaired) electrons. The molecule has 1 atom stereocenters. The fourth-order valence-electron chi connectivity index (χ4n) is 5.99. The monoisotopic (exact) mass is 582 g/mol. The molecule has 10 heteroatoms. The van der Waals surface area contributed by atoms with Crippen molar-refractivity contribution in [2.24, 2.45) is 0 Å². The van der Waals surface area contributed by atoms with Crippen LogP contribution in [0, 0.1) is 18.6 Å². The maximum atomic E-state index is 14.1. The number of hydrogen-bond acceptors (Lipinski definition) is 6. The molecule has 0 spiro atoms. The zero-order chi connectivity index (χ0) is 30.6. The molecular formula is C32H40F2N4O4. The first kappa shape index (κ1) is 31.3. The number of aryl methyl sites for hydroxylation is 1. The van der Waals surface area contributed by atoms with E-state index >= 15 is 0 Å². The number of nitrogens with zero attached hydrogens (tertiary/aromatic N) is 4. The van der Waals surface area contributed by atoms with Gasteiger partial charge in [0.1, 0.15) is 17.3 Å². The van der Waals surface area contributed by atoms with Crippen LogP contribution in [0.25, 0.3) is 22.2 Å². The molecule has 6 rings (SSSR count). The average molecular weight is 583 g/mol. The zero-order valence-corrected chi connectivity index (χ0v) is 24.9. The Morgan fingerprint density at radius 3 is 2.36 bits per heavy atom. The van der Waals surface area contributed by atoms with Crippen molar-refractivity contribution >= 4 is 22.6 Å². The highest BCUT2D eigenvalue weighted by Gasteiger charge is 2.38. The number of amides is 1. The second-order valence-electron chi connectivity index (χ2n) is 10.1. The standard InChI is InChI=1S/C28H28F2N4O4.2C2H6/c1-15-27(23(14-35)32-38-15)16-2-9-24-22(12-16)31-28(34(24)17-3-6-19(36)7-4-17)25-10-11-26(37)33(25)18-5-8-20(29)21(30)13-18;2*1-2/h2,5,8-9,12-13,17,19,25,35-36H,3-4,6-7,10-11,14H2,1H3;2*1-2H3. The van der Waals surface area contributed by atoms with Gasteiger partial charge in [-0.15, -0.1) is 0 Å². The molecule has 8 nitrogen and oxygen atoms in total. The van der Waals surface area contributed by atoms with Gasteiger partial charge in [0.15, 0.2) is 11.6 Å². The second-order valence-corrected chi connectivity index (χ2v) is 10.1. The minimum atomic E-state index is -1.01. The lowest BCUT2D eigenvalue weighted by molar-refractivity contribution is -0.117. The summed E-state index contributed by atoms with van der Waals surface area (Å²) in [5.41, 5.74) is 3.84. The molecule has 42 heavy (non-hydrogen) atoms. The Bertz CT molecular complexity index is 1520. The van der Waals surface area contributed by atoms with E-state index in [2.05, 4.69) is 9.72 Å². The van der Waals surface area contributed by atoms with Crippen LogP contribution < -0.4 is 4.90 Å². The van der Waals surface area contributed by atoms with Gasteiger partial charge in [-0.05, 0) is 68.9 Å². The summed E-state index contributed by atoms with van der Waals surface area (Å²) < 4.78 is 35.3. The SMILES string of the molecule is CC.CC.Cc1onc(CO)c1-c1ccc2c(c1)nc(C1CCC(=O)N1c1ccc(F)c(F)c1)n2C1CCC(O)CC1. The zero-order valence-electron chi connectivity index (χ0n) is 24.9. The summed E-state index contributed by atoms with van der Waals surface area (Å²) in [4.78, 5) is 19.6. The van der Waals surface area contributed by atoms with E-state index in [9.17, 15) is 23.8 Å². The molecule has 2 aromatic carbocycles. The van der Waals surface area contributed by atoms with Gasteiger partial charge < -0.3 is 24.2 Å². The van der Waals surface area contributed by atoms with Gasteiger partial charge in [0.2, 0.25) is 5.91 Å². The van der Waals surface area contributed by atoms with E-state index in [1.54, 1.807) is 6.92 Å². The molecule has 226 valence electrons. The molecule has 2 fully saturated rings. The third kappa shape index (κ3) is 5.83. The van der Waals surface area contributed by atoms with Gasteiger partial charge in [-0.3, -0.25) is 4.79 Å². The molecule has 1 saturated heterocycles. The Balaban J connectivity index is 0.000000972. The number of imidazole rings is 1. The van der Waals surface area contributed by atoms with Crippen LogP contribution >= 0.6 is 0 Å². The number of hydrogen-bond donors (Lipinski definition) is 2. The predicted molar refractivity (Wildman–Crippen MR) is 158 cm³/mol. The van der Waals surface area contributed by atoms with Crippen LogP contribution in [-0.2, 0) is 11.4 Å². The van der Waals surface area contributed by atoms with Crippen LogP contribution in [0.3, 0.4) is 0 Å². The maximum absolute atomic E-state index is 14.1. The minimum absolute atomic E-state index is 0.0667. The molecule has 1 saturated carbocycles. The maximum Gasteiger partial charge on any atom is 0.227 e. The third-order valence-electron chi connectivity index (χ3n) is 7.81. The van der Waals surface area contributed by atoms with Crippen molar-refractivity contribution in [1.82, 2.24) is 14.7 Å². The summed E-state index contributed by atoms with van der Waals surface area (Å²) in [5, 5.41) is 23.8. The van der Waals surface area contributed by atoms with Crippen molar-refractivity contribution in [3.05, 3.63) is 65.3 Å². The molecule has 2 N–H and O–H groups in total.